The van der Waals surface area contributed by atoms with Gasteiger partial charge in [-0.2, -0.15) is 5.26 Å². The lowest BCUT2D eigenvalue weighted by atomic mass is 9.52. The molecule has 4 fully saturated rings. The summed E-state index contributed by atoms with van der Waals surface area (Å²) in [6, 6.07) is 6.19. The van der Waals surface area contributed by atoms with Crippen molar-refractivity contribution < 1.29 is 10.0 Å². The summed E-state index contributed by atoms with van der Waals surface area (Å²) in [5.74, 6) is 1.23. The number of non-ortho nitro benzene ring substituents is 1. The number of aliphatic hydroxyl groups is 1. The van der Waals surface area contributed by atoms with E-state index in [-0.39, 0.29) is 29.4 Å². The van der Waals surface area contributed by atoms with Crippen LogP contribution in [0.1, 0.15) is 51.5 Å². The highest BCUT2D eigenvalue weighted by Crippen LogP contribution is 2.57. The number of benzene rings is 1. The van der Waals surface area contributed by atoms with E-state index in [2.05, 4.69) is 6.19 Å². The summed E-state index contributed by atoms with van der Waals surface area (Å²) >= 11 is 0. The minimum Gasteiger partial charge on any atom is -0.390 e. The van der Waals surface area contributed by atoms with Crippen LogP contribution in [0.3, 0.4) is 0 Å². The van der Waals surface area contributed by atoms with Crippen LogP contribution in [-0.2, 0) is 5.41 Å². The second kappa shape index (κ2) is 6.28. The average Bonchev–Trinajstić information content (AvgIpc) is 2.62. The van der Waals surface area contributed by atoms with E-state index in [9.17, 15) is 20.5 Å². The SMILES string of the molecule is CC(C)(C(=N)N(C#N)C1C2CC3CC1CC(O)(C3)C2)c1ccc([N+](=O)[O-])cc1. The number of nitro groups is 1. The van der Waals surface area contributed by atoms with E-state index < -0.39 is 15.9 Å². The minimum atomic E-state index is -0.754. The Morgan fingerprint density at radius 3 is 2.32 bits per heavy atom. The zero-order valence-corrected chi connectivity index (χ0v) is 16.3. The molecule has 5 rings (SSSR count). The monoisotopic (exact) mass is 382 g/mol. The van der Waals surface area contributed by atoms with Crippen molar-refractivity contribution >= 4 is 11.5 Å². The van der Waals surface area contributed by atoms with E-state index in [0.717, 1.165) is 24.8 Å². The number of amidine groups is 1. The fourth-order valence-electron chi connectivity index (χ4n) is 6.08. The summed E-state index contributed by atoms with van der Waals surface area (Å²) in [7, 11) is 0. The molecule has 0 aromatic heterocycles. The first-order valence-corrected chi connectivity index (χ1v) is 9.90. The van der Waals surface area contributed by atoms with Gasteiger partial charge >= 0.3 is 0 Å². The fraction of sp³-hybridized carbons (Fsp3) is 0.619. The van der Waals surface area contributed by atoms with Gasteiger partial charge in [-0.15, -0.1) is 0 Å². The Balaban J connectivity index is 1.60. The third kappa shape index (κ3) is 2.87. The summed E-state index contributed by atoms with van der Waals surface area (Å²) in [6.07, 6.45) is 6.62. The normalized spacial score (nSPS) is 33.4. The second-order valence-corrected chi connectivity index (χ2v) is 9.43. The molecule has 148 valence electrons. The van der Waals surface area contributed by atoms with Crippen LogP contribution in [0, 0.1) is 44.7 Å². The highest BCUT2D eigenvalue weighted by Gasteiger charge is 2.57. The van der Waals surface area contributed by atoms with Crippen LogP contribution in [0.25, 0.3) is 0 Å². The lowest BCUT2D eigenvalue weighted by Crippen LogP contribution is -2.62. The Labute approximate surface area is 164 Å². The Kier molecular flexibility index (Phi) is 4.23. The van der Waals surface area contributed by atoms with Gasteiger partial charge in [0.15, 0.2) is 6.19 Å². The van der Waals surface area contributed by atoms with E-state index in [1.54, 1.807) is 17.0 Å². The highest BCUT2D eigenvalue weighted by molar-refractivity contribution is 5.91. The molecule has 0 heterocycles. The first-order chi connectivity index (χ1) is 13.1. The van der Waals surface area contributed by atoms with E-state index in [1.807, 2.05) is 13.8 Å². The molecule has 1 aromatic rings. The van der Waals surface area contributed by atoms with Crippen molar-refractivity contribution in [3.05, 3.63) is 39.9 Å². The number of nitrogens with one attached hydrogen (secondary N) is 1. The molecule has 7 nitrogen and oxygen atoms in total. The van der Waals surface area contributed by atoms with Gasteiger partial charge in [0.1, 0.15) is 5.84 Å². The van der Waals surface area contributed by atoms with Crippen LogP contribution in [0.15, 0.2) is 24.3 Å². The molecule has 0 amide bonds. The molecular weight excluding hydrogens is 356 g/mol. The first kappa shape index (κ1) is 18.9. The van der Waals surface area contributed by atoms with Gasteiger partial charge in [-0.3, -0.25) is 20.4 Å². The van der Waals surface area contributed by atoms with Crippen molar-refractivity contribution in [2.75, 3.05) is 0 Å². The standard InChI is InChI=1S/C21H26N4O3/c1-20(2,16-3-5-17(6-4-16)25(27)28)19(23)24(12-22)18-14-7-13-8-15(18)11-21(26,9-13)10-14/h3-6,13-15,18,23,26H,7-11H2,1-2H3. The van der Waals surface area contributed by atoms with Crippen molar-refractivity contribution in [1.29, 1.82) is 10.7 Å². The highest BCUT2D eigenvalue weighted by atomic mass is 16.6. The summed E-state index contributed by atoms with van der Waals surface area (Å²) in [6.45, 7) is 3.76. The van der Waals surface area contributed by atoms with E-state index in [0.29, 0.717) is 18.8 Å². The van der Waals surface area contributed by atoms with Crippen molar-refractivity contribution in [1.82, 2.24) is 4.90 Å². The van der Waals surface area contributed by atoms with Gasteiger partial charge in [-0.25, -0.2) is 0 Å². The number of hydrogen-bond donors (Lipinski definition) is 2. The lowest BCUT2D eigenvalue weighted by Gasteiger charge is -2.59. The van der Waals surface area contributed by atoms with E-state index in [4.69, 9.17) is 5.41 Å². The molecule has 7 heteroatoms. The average molecular weight is 382 g/mol. The molecular formula is C21H26N4O3. The summed E-state index contributed by atoms with van der Waals surface area (Å²) in [5.41, 5.74) is -0.552. The molecule has 0 radical (unpaired) electrons. The minimum absolute atomic E-state index is 0.0116. The maximum Gasteiger partial charge on any atom is 0.269 e. The molecule has 2 N–H and O–H groups in total. The molecule has 0 aliphatic heterocycles. The lowest BCUT2D eigenvalue weighted by molar-refractivity contribution is -0.384. The quantitative estimate of drug-likeness (QED) is 0.206. The van der Waals surface area contributed by atoms with Gasteiger partial charge < -0.3 is 5.11 Å². The van der Waals surface area contributed by atoms with E-state index >= 15 is 0 Å². The summed E-state index contributed by atoms with van der Waals surface area (Å²) in [5, 5.41) is 40.5. The topological polar surface area (TPSA) is 114 Å². The molecule has 1 aromatic carbocycles. The Morgan fingerprint density at radius 2 is 1.86 bits per heavy atom. The molecule has 4 aliphatic carbocycles. The number of nitriles is 1. The Hall–Kier alpha value is -2.46. The van der Waals surface area contributed by atoms with Crippen molar-refractivity contribution in [3.8, 4) is 6.19 Å². The number of hydrogen-bond acceptors (Lipinski definition) is 5. The first-order valence-electron chi connectivity index (χ1n) is 9.90. The van der Waals surface area contributed by atoms with Crippen LogP contribution < -0.4 is 0 Å². The zero-order valence-electron chi connectivity index (χ0n) is 16.3. The fourth-order valence-corrected chi connectivity index (χ4v) is 6.08. The molecule has 28 heavy (non-hydrogen) atoms. The maximum atomic E-state index is 10.9. The van der Waals surface area contributed by atoms with Crippen LogP contribution in [0.5, 0.6) is 0 Å². The van der Waals surface area contributed by atoms with Crippen molar-refractivity contribution in [2.24, 2.45) is 17.8 Å². The molecule has 0 saturated heterocycles. The van der Waals surface area contributed by atoms with E-state index in [1.165, 1.54) is 12.1 Å². The van der Waals surface area contributed by atoms with Crippen molar-refractivity contribution in [3.63, 3.8) is 0 Å². The maximum absolute atomic E-state index is 10.9. The van der Waals surface area contributed by atoms with Gasteiger partial charge in [0.2, 0.25) is 0 Å². The molecule has 2 unspecified atom stereocenters. The van der Waals surface area contributed by atoms with Crippen LogP contribution in [0.4, 0.5) is 5.69 Å². The Bertz CT molecular complexity index is 841. The van der Waals surface area contributed by atoms with Gasteiger partial charge in [0.05, 0.1) is 16.6 Å². The smallest absolute Gasteiger partial charge is 0.269 e. The van der Waals surface area contributed by atoms with Crippen LogP contribution in [-0.4, -0.2) is 32.4 Å². The molecule has 4 saturated carbocycles. The van der Waals surface area contributed by atoms with Crippen molar-refractivity contribution in [2.45, 2.75) is 63.0 Å². The van der Waals surface area contributed by atoms with Gasteiger partial charge in [0.25, 0.3) is 5.69 Å². The van der Waals surface area contributed by atoms with Gasteiger partial charge in [-0.05, 0) is 69.3 Å². The summed E-state index contributed by atoms with van der Waals surface area (Å²) < 4.78 is 0. The summed E-state index contributed by atoms with van der Waals surface area (Å²) in [4.78, 5) is 12.0. The number of nitrogens with zero attached hydrogens (tertiary/aromatic N) is 3. The molecule has 0 spiro atoms. The predicted octanol–water partition coefficient (Wildman–Crippen LogP) is 3.57. The number of rotatable bonds is 4. The Morgan fingerprint density at radius 1 is 1.29 bits per heavy atom. The predicted molar refractivity (Wildman–Crippen MR) is 104 cm³/mol. The number of nitro benzene ring substituents is 1. The van der Waals surface area contributed by atoms with Gasteiger partial charge in [-0.1, -0.05) is 12.1 Å². The van der Waals surface area contributed by atoms with Crippen LogP contribution in [0.2, 0.25) is 0 Å². The third-order valence-electron chi connectivity index (χ3n) is 7.23. The largest absolute Gasteiger partial charge is 0.390 e. The molecule has 2 atom stereocenters. The third-order valence-corrected chi connectivity index (χ3v) is 7.23. The zero-order chi connectivity index (χ0) is 20.3. The van der Waals surface area contributed by atoms with Gasteiger partial charge in [0, 0.05) is 17.5 Å². The molecule has 4 aliphatic rings. The second-order valence-electron chi connectivity index (χ2n) is 9.43. The van der Waals surface area contributed by atoms with Crippen LogP contribution >= 0.6 is 0 Å². The molecule has 4 bridgehead atoms.